The van der Waals surface area contributed by atoms with Gasteiger partial charge in [0.2, 0.25) is 0 Å². The number of hydrogen-bond acceptors (Lipinski definition) is 6. The van der Waals surface area contributed by atoms with Crippen LogP contribution in [0.5, 0.6) is 0 Å². The monoisotopic (exact) mass is 375 g/mol. The molecule has 1 aromatic rings. The van der Waals surface area contributed by atoms with Gasteiger partial charge in [-0.05, 0) is 24.4 Å². The van der Waals surface area contributed by atoms with Crippen molar-refractivity contribution in [2.24, 2.45) is 11.5 Å². The van der Waals surface area contributed by atoms with Gasteiger partial charge >= 0.3 is 0 Å². The quantitative estimate of drug-likeness (QED) is 0.324. The number of thiocarbonyl (C=S) groups is 2. The van der Waals surface area contributed by atoms with Crippen LogP contribution in [-0.2, 0) is 13.1 Å². The highest BCUT2D eigenvalue weighted by molar-refractivity contribution is 7.80. The first-order valence-electron chi connectivity index (χ1n) is 7.26. The highest BCUT2D eigenvalue weighted by Crippen LogP contribution is 2.09. The summed E-state index contributed by atoms with van der Waals surface area (Å²) in [6.45, 7) is 4.68. The number of hydrogen-bond donors (Lipinski definition) is 4. The topological polar surface area (TPSA) is 95.5 Å². The predicted molar refractivity (Wildman–Crippen MR) is 104 cm³/mol. The average Bonchev–Trinajstić information content (AvgIpc) is 2.95. The summed E-state index contributed by atoms with van der Waals surface area (Å²) in [6.07, 6.45) is 0. The van der Waals surface area contributed by atoms with Crippen LogP contribution in [0.4, 0.5) is 0 Å². The highest BCUT2D eigenvalue weighted by atomic mass is 32.1. The average molecular weight is 376 g/mol. The SMILES string of the molecule is CN(CCNCc1csc(CNCCN(C)C(N)=S)n1)C(N)=S. The molecule has 1 rings (SSSR count). The molecule has 0 aliphatic carbocycles. The van der Waals surface area contributed by atoms with Crippen LogP contribution in [0.25, 0.3) is 0 Å². The molecule has 1 heterocycles. The van der Waals surface area contributed by atoms with E-state index in [1.807, 2.05) is 23.9 Å². The molecule has 0 saturated heterocycles. The molecule has 0 fully saturated rings. The molecule has 0 atom stereocenters. The minimum atomic E-state index is 0.412. The number of likely N-dealkylation sites (N-methyl/N-ethyl adjacent to an activating group) is 2. The molecule has 0 amide bonds. The fourth-order valence-corrected chi connectivity index (χ4v) is 2.58. The number of thiazole rings is 1. The molecule has 0 bridgehead atoms. The van der Waals surface area contributed by atoms with E-state index in [2.05, 4.69) is 21.0 Å². The molecule has 130 valence electrons. The third-order valence-electron chi connectivity index (χ3n) is 3.18. The van der Waals surface area contributed by atoms with E-state index in [0.717, 1.165) is 50.0 Å². The molecule has 0 aromatic carbocycles. The van der Waals surface area contributed by atoms with Crippen LogP contribution < -0.4 is 22.1 Å². The van der Waals surface area contributed by atoms with E-state index in [1.54, 1.807) is 11.3 Å². The van der Waals surface area contributed by atoms with Crippen molar-refractivity contribution in [3.8, 4) is 0 Å². The van der Waals surface area contributed by atoms with E-state index in [0.29, 0.717) is 10.2 Å². The van der Waals surface area contributed by atoms with Crippen molar-refractivity contribution in [3.05, 3.63) is 16.1 Å². The summed E-state index contributed by atoms with van der Waals surface area (Å²) >= 11 is 11.4. The zero-order valence-electron chi connectivity index (χ0n) is 13.5. The van der Waals surface area contributed by atoms with Crippen molar-refractivity contribution in [1.82, 2.24) is 25.4 Å². The summed E-state index contributed by atoms with van der Waals surface area (Å²) in [5.41, 5.74) is 12.1. The van der Waals surface area contributed by atoms with Crippen LogP contribution in [-0.4, -0.2) is 65.3 Å². The Kier molecular flexibility index (Phi) is 9.26. The van der Waals surface area contributed by atoms with Crippen LogP contribution in [0.2, 0.25) is 0 Å². The lowest BCUT2D eigenvalue weighted by molar-refractivity contribution is 0.481. The maximum atomic E-state index is 5.52. The summed E-state index contributed by atoms with van der Waals surface area (Å²) < 4.78 is 0. The maximum absolute atomic E-state index is 5.52. The van der Waals surface area contributed by atoms with E-state index in [-0.39, 0.29) is 0 Å². The molecular formula is C13H25N7S3. The van der Waals surface area contributed by atoms with Gasteiger partial charge in [-0.2, -0.15) is 0 Å². The summed E-state index contributed by atoms with van der Waals surface area (Å²) in [4.78, 5) is 8.25. The van der Waals surface area contributed by atoms with Gasteiger partial charge in [0.1, 0.15) is 5.01 Å². The second-order valence-corrected chi connectivity index (χ2v) is 6.88. The van der Waals surface area contributed by atoms with Crippen molar-refractivity contribution in [2.45, 2.75) is 13.1 Å². The Bertz CT molecular complexity index is 463. The smallest absolute Gasteiger partial charge is 0.166 e. The van der Waals surface area contributed by atoms with Gasteiger partial charge in [-0.25, -0.2) is 4.98 Å². The number of nitrogens with zero attached hydrogens (tertiary/aromatic N) is 3. The Morgan fingerprint density at radius 1 is 1.09 bits per heavy atom. The zero-order valence-corrected chi connectivity index (χ0v) is 16.0. The molecule has 6 N–H and O–H groups in total. The van der Waals surface area contributed by atoms with E-state index in [9.17, 15) is 0 Å². The highest BCUT2D eigenvalue weighted by Gasteiger charge is 2.03. The fourth-order valence-electron chi connectivity index (χ4n) is 1.64. The Hall–Kier alpha value is -1.07. The molecule has 0 aliphatic rings. The first kappa shape index (κ1) is 20.0. The largest absolute Gasteiger partial charge is 0.376 e. The Morgan fingerprint density at radius 3 is 2.13 bits per heavy atom. The van der Waals surface area contributed by atoms with E-state index in [4.69, 9.17) is 35.9 Å². The summed E-state index contributed by atoms with van der Waals surface area (Å²) in [6, 6.07) is 0. The van der Waals surface area contributed by atoms with Crippen molar-refractivity contribution in [3.63, 3.8) is 0 Å². The van der Waals surface area contributed by atoms with Gasteiger partial charge in [0.15, 0.2) is 10.2 Å². The van der Waals surface area contributed by atoms with Gasteiger partial charge in [0.05, 0.1) is 5.69 Å². The van der Waals surface area contributed by atoms with Crippen LogP contribution in [0.15, 0.2) is 5.38 Å². The van der Waals surface area contributed by atoms with E-state index in [1.165, 1.54) is 0 Å². The van der Waals surface area contributed by atoms with Crippen LogP contribution in [0, 0.1) is 0 Å². The molecule has 23 heavy (non-hydrogen) atoms. The predicted octanol–water partition coefficient (Wildman–Crippen LogP) is -0.327. The fraction of sp³-hybridized carbons (Fsp3) is 0.615. The van der Waals surface area contributed by atoms with Gasteiger partial charge < -0.3 is 31.9 Å². The number of aromatic nitrogens is 1. The second-order valence-electron chi connectivity index (χ2n) is 5.11. The summed E-state index contributed by atoms with van der Waals surface area (Å²) in [5, 5.41) is 10.6. The molecule has 0 radical (unpaired) electrons. The molecule has 10 heteroatoms. The molecule has 0 unspecified atom stereocenters. The molecule has 1 aromatic heterocycles. The maximum Gasteiger partial charge on any atom is 0.166 e. The van der Waals surface area contributed by atoms with Crippen molar-refractivity contribution < 1.29 is 0 Å². The van der Waals surface area contributed by atoms with Crippen molar-refractivity contribution >= 4 is 46.0 Å². The minimum absolute atomic E-state index is 0.412. The van der Waals surface area contributed by atoms with Gasteiger partial charge in [0, 0.05) is 58.7 Å². The second kappa shape index (κ2) is 10.7. The number of nitrogens with two attached hydrogens (primary N) is 2. The lowest BCUT2D eigenvalue weighted by Gasteiger charge is -2.16. The van der Waals surface area contributed by atoms with Gasteiger partial charge in [-0.3, -0.25) is 0 Å². The lowest BCUT2D eigenvalue weighted by Crippen LogP contribution is -2.37. The standard InChI is InChI=1S/C13H25N7S3/c1-19(12(14)21)5-3-16-7-10-9-23-11(18-10)8-17-4-6-20(2)13(15)22/h9,16-17H,3-8H2,1-2H3,(H2,14,21)(H2,15,22). The molecule has 7 nitrogen and oxygen atoms in total. The number of nitrogens with one attached hydrogen (secondary N) is 2. The molecule has 0 saturated carbocycles. The van der Waals surface area contributed by atoms with Crippen LogP contribution in [0.1, 0.15) is 10.7 Å². The third kappa shape index (κ3) is 8.37. The van der Waals surface area contributed by atoms with Gasteiger partial charge in [0.25, 0.3) is 0 Å². The first-order valence-corrected chi connectivity index (χ1v) is 8.95. The molecular weight excluding hydrogens is 350 g/mol. The normalized spacial score (nSPS) is 10.5. The Labute approximate surface area is 152 Å². The Balaban J connectivity index is 2.17. The van der Waals surface area contributed by atoms with Crippen LogP contribution in [0.3, 0.4) is 0 Å². The molecule has 0 spiro atoms. The van der Waals surface area contributed by atoms with E-state index >= 15 is 0 Å². The lowest BCUT2D eigenvalue weighted by atomic mass is 10.4. The molecule has 0 aliphatic heterocycles. The van der Waals surface area contributed by atoms with Crippen molar-refractivity contribution in [2.75, 3.05) is 40.3 Å². The zero-order chi connectivity index (χ0) is 17.2. The Morgan fingerprint density at radius 2 is 1.61 bits per heavy atom. The van der Waals surface area contributed by atoms with Gasteiger partial charge in [-0.1, -0.05) is 0 Å². The minimum Gasteiger partial charge on any atom is -0.376 e. The van der Waals surface area contributed by atoms with E-state index < -0.39 is 0 Å². The van der Waals surface area contributed by atoms with Crippen LogP contribution >= 0.6 is 35.8 Å². The summed E-state index contributed by atoms with van der Waals surface area (Å²) in [7, 11) is 3.76. The van der Waals surface area contributed by atoms with Gasteiger partial charge in [-0.15, -0.1) is 11.3 Å². The summed E-state index contributed by atoms with van der Waals surface area (Å²) in [5.74, 6) is 0. The number of rotatable bonds is 10. The first-order chi connectivity index (χ1) is 10.9. The third-order valence-corrected chi connectivity index (χ3v) is 4.70. The van der Waals surface area contributed by atoms with Crippen molar-refractivity contribution in [1.29, 1.82) is 0 Å².